The second kappa shape index (κ2) is 3.73. The maximum Gasteiger partial charge on any atom is 0.147 e. The van der Waals surface area contributed by atoms with Crippen LogP contribution in [0.2, 0.25) is 0 Å². The molecule has 0 radical (unpaired) electrons. The number of aryl methyl sites for hydroxylation is 1. The molecule has 0 unspecified atom stereocenters. The van der Waals surface area contributed by atoms with Gasteiger partial charge >= 0.3 is 0 Å². The van der Waals surface area contributed by atoms with Crippen LogP contribution in [-0.4, -0.2) is 21.4 Å². The van der Waals surface area contributed by atoms with Gasteiger partial charge in [-0.2, -0.15) is 0 Å². The van der Waals surface area contributed by atoms with Gasteiger partial charge in [0.05, 0.1) is 11.2 Å². The molecule has 1 N–H and O–H groups in total. The number of rotatable bonds is 3. The second-order valence-electron chi connectivity index (χ2n) is 3.88. The summed E-state index contributed by atoms with van der Waals surface area (Å²) in [5.74, 6) is 1.51. The van der Waals surface area contributed by atoms with Crippen LogP contribution in [-0.2, 0) is 0 Å². The number of nitrogens with zero attached hydrogens (tertiary/aromatic N) is 2. The van der Waals surface area contributed by atoms with Crippen molar-refractivity contribution in [2.24, 2.45) is 0 Å². The lowest BCUT2D eigenvalue weighted by atomic mass is 9.78. The van der Waals surface area contributed by atoms with Crippen molar-refractivity contribution in [1.82, 2.24) is 9.97 Å². The van der Waals surface area contributed by atoms with Crippen LogP contribution >= 0.6 is 11.6 Å². The number of halogens is 1. The third-order valence-electron chi connectivity index (χ3n) is 2.83. The lowest BCUT2D eigenvalue weighted by molar-refractivity contribution is 0.310. The Morgan fingerprint density at radius 3 is 2.64 bits per heavy atom. The first-order chi connectivity index (χ1) is 6.76. The van der Waals surface area contributed by atoms with Gasteiger partial charge < -0.3 is 5.32 Å². The molecule has 1 aliphatic rings. The van der Waals surface area contributed by atoms with E-state index in [0.717, 1.165) is 24.4 Å². The van der Waals surface area contributed by atoms with E-state index >= 15 is 0 Å². The number of hydrogen-bond donors (Lipinski definition) is 1. The molecule has 3 nitrogen and oxygen atoms in total. The van der Waals surface area contributed by atoms with Gasteiger partial charge in [0, 0.05) is 18.3 Å². The molecular weight excluding hydrogens is 198 g/mol. The minimum absolute atomic E-state index is 0.0718. The molecule has 0 bridgehead atoms. The standard InChI is InChI=1S/C10H14ClN3/c1-8-9(13-6-5-12-8)14-10(7-11)3-2-4-10/h5-6H,2-4,7H2,1H3,(H,13,14). The number of anilines is 1. The number of nitrogens with one attached hydrogen (secondary N) is 1. The summed E-state index contributed by atoms with van der Waals surface area (Å²) in [5, 5.41) is 3.40. The molecule has 14 heavy (non-hydrogen) atoms. The van der Waals surface area contributed by atoms with Gasteiger partial charge in [0.25, 0.3) is 0 Å². The minimum Gasteiger partial charge on any atom is -0.362 e. The monoisotopic (exact) mass is 211 g/mol. The molecule has 1 aromatic rings. The smallest absolute Gasteiger partial charge is 0.147 e. The van der Waals surface area contributed by atoms with Crippen LogP contribution in [0.3, 0.4) is 0 Å². The van der Waals surface area contributed by atoms with Crippen molar-refractivity contribution in [3.05, 3.63) is 18.1 Å². The highest BCUT2D eigenvalue weighted by molar-refractivity contribution is 6.19. The van der Waals surface area contributed by atoms with Crippen molar-refractivity contribution < 1.29 is 0 Å². The fourth-order valence-corrected chi connectivity index (χ4v) is 2.01. The Hall–Kier alpha value is -0.830. The van der Waals surface area contributed by atoms with E-state index in [1.165, 1.54) is 6.42 Å². The molecule has 0 atom stereocenters. The summed E-state index contributed by atoms with van der Waals surface area (Å²) < 4.78 is 0. The third kappa shape index (κ3) is 1.69. The van der Waals surface area contributed by atoms with Gasteiger partial charge in [-0.05, 0) is 26.2 Å². The van der Waals surface area contributed by atoms with Gasteiger partial charge in [-0.15, -0.1) is 11.6 Å². The predicted octanol–water partition coefficient (Wildman–Crippen LogP) is 2.36. The summed E-state index contributed by atoms with van der Waals surface area (Å²) in [6.45, 7) is 1.95. The molecule has 2 rings (SSSR count). The van der Waals surface area contributed by atoms with Gasteiger partial charge in [-0.1, -0.05) is 0 Å². The van der Waals surface area contributed by atoms with E-state index in [1.807, 2.05) is 6.92 Å². The molecule has 1 aromatic heterocycles. The quantitative estimate of drug-likeness (QED) is 0.781. The molecule has 0 amide bonds. The Morgan fingerprint density at radius 2 is 2.14 bits per heavy atom. The SMILES string of the molecule is Cc1nccnc1NC1(CCl)CCC1. The second-order valence-corrected chi connectivity index (χ2v) is 4.15. The summed E-state index contributed by atoms with van der Waals surface area (Å²) in [4.78, 5) is 8.45. The molecule has 0 saturated heterocycles. The summed E-state index contributed by atoms with van der Waals surface area (Å²) in [7, 11) is 0. The molecule has 1 heterocycles. The van der Waals surface area contributed by atoms with Gasteiger partial charge in [0.1, 0.15) is 5.82 Å². The maximum atomic E-state index is 5.95. The zero-order chi connectivity index (χ0) is 10.0. The van der Waals surface area contributed by atoms with Crippen molar-refractivity contribution in [2.75, 3.05) is 11.2 Å². The Labute approximate surface area is 88.9 Å². The van der Waals surface area contributed by atoms with Gasteiger partial charge in [0.2, 0.25) is 0 Å². The molecule has 0 aromatic carbocycles. The van der Waals surface area contributed by atoms with E-state index in [4.69, 9.17) is 11.6 Å². The topological polar surface area (TPSA) is 37.8 Å². The Morgan fingerprint density at radius 1 is 1.43 bits per heavy atom. The summed E-state index contributed by atoms with van der Waals surface area (Å²) in [5.41, 5.74) is 1.01. The molecule has 0 spiro atoms. The molecular formula is C10H14ClN3. The highest BCUT2D eigenvalue weighted by Gasteiger charge is 2.36. The van der Waals surface area contributed by atoms with Crippen LogP contribution in [0.1, 0.15) is 25.0 Å². The first-order valence-corrected chi connectivity index (χ1v) is 5.41. The lowest BCUT2D eigenvalue weighted by Gasteiger charge is -2.41. The van der Waals surface area contributed by atoms with E-state index in [-0.39, 0.29) is 5.54 Å². The lowest BCUT2D eigenvalue weighted by Crippen LogP contribution is -2.47. The average molecular weight is 212 g/mol. The van der Waals surface area contributed by atoms with E-state index in [9.17, 15) is 0 Å². The van der Waals surface area contributed by atoms with E-state index in [0.29, 0.717) is 5.88 Å². The van der Waals surface area contributed by atoms with Crippen LogP contribution < -0.4 is 5.32 Å². The fraction of sp³-hybridized carbons (Fsp3) is 0.600. The summed E-state index contributed by atoms with van der Waals surface area (Å²) in [6, 6.07) is 0. The summed E-state index contributed by atoms with van der Waals surface area (Å²) in [6.07, 6.45) is 6.92. The number of alkyl halides is 1. The third-order valence-corrected chi connectivity index (χ3v) is 3.34. The van der Waals surface area contributed by atoms with Crippen molar-refractivity contribution >= 4 is 17.4 Å². The highest BCUT2D eigenvalue weighted by atomic mass is 35.5. The zero-order valence-corrected chi connectivity index (χ0v) is 9.01. The number of hydrogen-bond acceptors (Lipinski definition) is 3. The van der Waals surface area contributed by atoms with Gasteiger partial charge in [-0.25, -0.2) is 4.98 Å². The van der Waals surface area contributed by atoms with Crippen molar-refractivity contribution in [3.8, 4) is 0 Å². The normalized spacial score (nSPS) is 18.7. The minimum atomic E-state index is 0.0718. The molecule has 76 valence electrons. The van der Waals surface area contributed by atoms with Crippen LogP contribution in [0, 0.1) is 6.92 Å². The largest absolute Gasteiger partial charge is 0.362 e. The fourth-order valence-electron chi connectivity index (χ4n) is 1.68. The van der Waals surface area contributed by atoms with Gasteiger partial charge in [-0.3, -0.25) is 4.98 Å². The molecule has 1 saturated carbocycles. The Bertz CT molecular complexity index is 317. The van der Waals surface area contributed by atoms with Crippen molar-refractivity contribution in [1.29, 1.82) is 0 Å². The first-order valence-electron chi connectivity index (χ1n) is 4.87. The molecule has 1 aliphatic carbocycles. The van der Waals surface area contributed by atoms with E-state index in [1.54, 1.807) is 12.4 Å². The van der Waals surface area contributed by atoms with Crippen LogP contribution in [0.15, 0.2) is 12.4 Å². The Kier molecular flexibility index (Phi) is 2.59. The Balaban J connectivity index is 2.13. The van der Waals surface area contributed by atoms with Crippen molar-refractivity contribution in [3.63, 3.8) is 0 Å². The first kappa shape index (κ1) is 9.71. The average Bonchev–Trinajstić information content (AvgIpc) is 2.14. The zero-order valence-electron chi connectivity index (χ0n) is 8.26. The molecule has 4 heteroatoms. The van der Waals surface area contributed by atoms with E-state index < -0.39 is 0 Å². The predicted molar refractivity (Wildman–Crippen MR) is 57.7 cm³/mol. The van der Waals surface area contributed by atoms with Crippen molar-refractivity contribution in [2.45, 2.75) is 31.7 Å². The van der Waals surface area contributed by atoms with Crippen LogP contribution in [0.25, 0.3) is 0 Å². The maximum absolute atomic E-state index is 5.95. The molecule has 0 aliphatic heterocycles. The van der Waals surface area contributed by atoms with Gasteiger partial charge in [0.15, 0.2) is 0 Å². The van der Waals surface area contributed by atoms with Crippen LogP contribution in [0.4, 0.5) is 5.82 Å². The summed E-state index contributed by atoms with van der Waals surface area (Å²) >= 11 is 5.95. The molecule has 1 fully saturated rings. The van der Waals surface area contributed by atoms with E-state index in [2.05, 4.69) is 15.3 Å². The highest BCUT2D eigenvalue weighted by Crippen LogP contribution is 2.36. The number of aromatic nitrogens is 2. The van der Waals surface area contributed by atoms with Crippen LogP contribution in [0.5, 0.6) is 0 Å².